The predicted octanol–water partition coefficient (Wildman–Crippen LogP) is 2.74. The average Bonchev–Trinajstić information content (AvgIpc) is 3.04. The molecule has 4 atom stereocenters. The van der Waals surface area contributed by atoms with Gasteiger partial charge in [0.05, 0.1) is 17.5 Å². The van der Waals surface area contributed by atoms with E-state index in [1.54, 1.807) is 13.8 Å². The molecule has 12 heteroatoms. The molecule has 0 radical (unpaired) electrons. The highest BCUT2D eigenvalue weighted by Crippen LogP contribution is 2.35. The minimum atomic E-state index is -1.13. The van der Waals surface area contributed by atoms with Crippen molar-refractivity contribution in [1.29, 1.82) is 0 Å². The minimum Gasteiger partial charge on any atom is -0.474 e. The van der Waals surface area contributed by atoms with Gasteiger partial charge in [0.25, 0.3) is 0 Å². The van der Waals surface area contributed by atoms with Gasteiger partial charge in [-0.25, -0.2) is 9.37 Å². The molecule has 3 rings (SSSR count). The van der Waals surface area contributed by atoms with Gasteiger partial charge in [-0.05, 0) is 13.8 Å². The van der Waals surface area contributed by atoms with E-state index in [0.29, 0.717) is 17.0 Å². The fraction of sp³-hybridized carbons (Fsp3) is 0.476. The van der Waals surface area contributed by atoms with Crippen LogP contribution >= 0.6 is 11.8 Å². The first-order valence-electron chi connectivity index (χ1n) is 9.95. The van der Waals surface area contributed by atoms with E-state index >= 15 is 0 Å². The summed E-state index contributed by atoms with van der Waals surface area (Å²) in [6.07, 6.45) is -1.78. The van der Waals surface area contributed by atoms with Crippen molar-refractivity contribution in [2.24, 2.45) is 0 Å². The topological polar surface area (TPSA) is 127 Å². The maximum absolute atomic E-state index is 14.9. The maximum Gasteiger partial charge on any atom is 0.303 e. The SMILES string of the molecule is CC(=O)O[C@@H]1[C@@H](OC(C)=O)[C@H](OC(C)=O)CS[C@H]1Oc1cnc(-c2c(C)noc2C)c(F)c1. The molecule has 2 aromatic heterocycles. The first kappa shape index (κ1) is 24.5. The molecular formula is C21H23FN2O8S. The number of halogens is 1. The van der Waals surface area contributed by atoms with E-state index in [0.717, 1.165) is 17.8 Å². The van der Waals surface area contributed by atoms with E-state index in [4.69, 9.17) is 23.5 Å². The zero-order valence-electron chi connectivity index (χ0n) is 18.6. The summed E-state index contributed by atoms with van der Waals surface area (Å²) in [4.78, 5) is 39.0. The van der Waals surface area contributed by atoms with Crippen LogP contribution in [0.2, 0.25) is 0 Å². The highest BCUT2D eigenvalue weighted by Gasteiger charge is 2.47. The normalized spacial score (nSPS) is 22.4. The summed E-state index contributed by atoms with van der Waals surface area (Å²) in [5.41, 5.74) is 0.101. The lowest BCUT2D eigenvalue weighted by atomic mass is 10.1. The molecule has 0 unspecified atom stereocenters. The zero-order valence-corrected chi connectivity index (χ0v) is 19.4. The summed E-state index contributed by atoms with van der Waals surface area (Å²) in [7, 11) is 0. The number of carbonyl (C=O) groups is 3. The molecule has 0 aliphatic carbocycles. The number of ether oxygens (including phenoxy) is 4. The standard InChI is InChI=1S/C21H23FN2O8S/c1-9-17(10(2)32-24-9)18-15(22)6-14(7-23-18)31-21-20(30-13(5)27)19(29-12(4)26)16(8-33-21)28-11(3)25/h6-7,16,19-21H,8H2,1-5H3/t16-,19+,20-,21-/m1/s1. The number of esters is 3. The molecule has 1 fully saturated rings. The number of nitrogens with zero attached hydrogens (tertiary/aromatic N) is 2. The van der Waals surface area contributed by atoms with E-state index in [2.05, 4.69) is 10.1 Å². The number of rotatable bonds is 6. The molecule has 1 aliphatic rings. The Labute approximate surface area is 193 Å². The molecule has 0 bridgehead atoms. The van der Waals surface area contributed by atoms with Crippen LogP contribution < -0.4 is 4.74 Å². The van der Waals surface area contributed by atoms with Gasteiger partial charge in [0.2, 0.25) is 0 Å². The molecule has 2 aromatic rings. The highest BCUT2D eigenvalue weighted by atomic mass is 32.2. The fourth-order valence-corrected chi connectivity index (χ4v) is 4.65. The Hall–Kier alpha value is -3.15. The molecule has 10 nitrogen and oxygen atoms in total. The molecule has 0 saturated carbocycles. The number of aryl methyl sites for hydroxylation is 2. The molecular weight excluding hydrogens is 459 g/mol. The van der Waals surface area contributed by atoms with Crippen molar-refractivity contribution in [3.8, 4) is 17.0 Å². The third kappa shape index (κ3) is 5.81. The van der Waals surface area contributed by atoms with Gasteiger partial charge in [0, 0.05) is 32.6 Å². The highest BCUT2D eigenvalue weighted by molar-refractivity contribution is 7.99. The minimum absolute atomic E-state index is 0.0548. The lowest BCUT2D eigenvalue weighted by molar-refractivity contribution is -0.186. The summed E-state index contributed by atoms with van der Waals surface area (Å²) in [5.74, 6) is -1.89. The number of hydrogen-bond acceptors (Lipinski definition) is 11. The monoisotopic (exact) mass is 482 g/mol. The van der Waals surface area contributed by atoms with Crippen molar-refractivity contribution < 1.29 is 42.2 Å². The first-order chi connectivity index (χ1) is 15.6. The molecule has 1 aliphatic heterocycles. The van der Waals surface area contributed by atoms with E-state index in [-0.39, 0.29) is 17.2 Å². The van der Waals surface area contributed by atoms with Gasteiger partial charge in [-0.2, -0.15) is 0 Å². The van der Waals surface area contributed by atoms with Crippen LogP contribution in [0.4, 0.5) is 4.39 Å². The molecule has 178 valence electrons. The quantitative estimate of drug-likeness (QED) is 0.445. The zero-order chi connectivity index (χ0) is 24.3. The summed E-state index contributed by atoms with van der Waals surface area (Å²) in [6.45, 7) is 6.90. The van der Waals surface area contributed by atoms with Gasteiger partial charge < -0.3 is 23.5 Å². The van der Waals surface area contributed by atoms with E-state index in [9.17, 15) is 18.8 Å². The Morgan fingerprint density at radius 3 is 2.24 bits per heavy atom. The number of hydrogen-bond donors (Lipinski definition) is 0. The molecule has 0 N–H and O–H groups in total. The van der Waals surface area contributed by atoms with Crippen molar-refractivity contribution in [2.75, 3.05) is 5.75 Å². The van der Waals surface area contributed by atoms with Gasteiger partial charge in [-0.1, -0.05) is 5.16 Å². The molecule has 1 saturated heterocycles. The Morgan fingerprint density at radius 2 is 1.70 bits per heavy atom. The van der Waals surface area contributed by atoms with E-state index in [1.165, 1.54) is 27.0 Å². The van der Waals surface area contributed by atoms with Gasteiger partial charge in [0.1, 0.15) is 17.2 Å². The van der Waals surface area contributed by atoms with Crippen LogP contribution in [0.3, 0.4) is 0 Å². The Morgan fingerprint density at radius 1 is 1.06 bits per heavy atom. The van der Waals surface area contributed by atoms with Gasteiger partial charge in [-0.15, -0.1) is 11.8 Å². The second-order valence-corrected chi connectivity index (χ2v) is 8.45. The lowest BCUT2D eigenvalue weighted by Gasteiger charge is -2.39. The third-order valence-corrected chi connectivity index (χ3v) is 5.86. The maximum atomic E-state index is 14.9. The Bertz CT molecular complexity index is 1040. The van der Waals surface area contributed by atoms with Crippen LogP contribution in [0.5, 0.6) is 5.75 Å². The third-order valence-electron chi connectivity index (χ3n) is 4.64. The van der Waals surface area contributed by atoms with E-state index in [1.807, 2.05) is 0 Å². The number of thioether (sulfide) groups is 1. The summed E-state index contributed by atoms with van der Waals surface area (Å²) in [5, 5.41) is 3.80. The number of carbonyl (C=O) groups excluding carboxylic acids is 3. The predicted molar refractivity (Wildman–Crippen MR) is 113 cm³/mol. The number of aromatic nitrogens is 2. The largest absolute Gasteiger partial charge is 0.474 e. The summed E-state index contributed by atoms with van der Waals surface area (Å²) >= 11 is 1.16. The molecule has 33 heavy (non-hydrogen) atoms. The van der Waals surface area contributed by atoms with Crippen molar-refractivity contribution in [3.05, 3.63) is 29.5 Å². The Kier molecular flexibility index (Phi) is 7.57. The van der Waals surface area contributed by atoms with Crippen molar-refractivity contribution >= 4 is 29.7 Å². The van der Waals surface area contributed by atoms with Crippen LogP contribution in [0.15, 0.2) is 16.8 Å². The smallest absolute Gasteiger partial charge is 0.303 e. The average molecular weight is 482 g/mol. The van der Waals surface area contributed by atoms with Gasteiger partial charge in [0.15, 0.2) is 29.6 Å². The van der Waals surface area contributed by atoms with E-state index < -0.39 is 47.5 Å². The second kappa shape index (κ2) is 10.2. The molecule has 3 heterocycles. The number of pyridine rings is 1. The van der Waals surface area contributed by atoms with Crippen LogP contribution in [0.25, 0.3) is 11.3 Å². The first-order valence-corrected chi connectivity index (χ1v) is 11.0. The lowest BCUT2D eigenvalue weighted by Crippen LogP contribution is -2.55. The van der Waals surface area contributed by atoms with Crippen molar-refractivity contribution in [2.45, 2.75) is 58.4 Å². The van der Waals surface area contributed by atoms with Gasteiger partial charge in [-0.3, -0.25) is 14.4 Å². The van der Waals surface area contributed by atoms with Crippen LogP contribution in [-0.2, 0) is 28.6 Å². The summed E-state index contributed by atoms with van der Waals surface area (Å²) < 4.78 is 41.7. The second-order valence-electron chi connectivity index (χ2n) is 7.32. The van der Waals surface area contributed by atoms with Crippen molar-refractivity contribution in [3.63, 3.8) is 0 Å². The van der Waals surface area contributed by atoms with Crippen LogP contribution in [0, 0.1) is 19.7 Å². The molecule has 0 amide bonds. The van der Waals surface area contributed by atoms with Crippen LogP contribution in [0.1, 0.15) is 32.2 Å². The summed E-state index contributed by atoms with van der Waals surface area (Å²) in [6, 6.07) is 1.14. The fourth-order valence-electron chi connectivity index (χ4n) is 3.43. The van der Waals surface area contributed by atoms with Crippen LogP contribution in [-0.4, -0.2) is 57.5 Å². The van der Waals surface area contributed by atoms with Crippen molar-refractivity contribution in [1.82, 2.24) is 10.1 Å². The molecule has 0 spiro atoms. The van der Waals surface area contributed by atoms with Gasteiger partial charge >= 0.3 is 17.9 Å². The Balaban J connectivity index is 1.87. The molecule has 0 aromatic carbocycles.